The van der Waals surface area contributed by atoms with E-state index >= 15 is 0 Å². The van der Waals surface area contributed by atoms with Crippen LogP contribution in [0.3, 0.4) is 0 Å². The van der Waals surface area contributed by atoms with Gasteiger partial charge in [-0.15, -0.1) is 12.4 Å². The third kappa shape index (κ3) is 6.48. The summed E-state index contributed by atoms with van der Waals surface area (Å²) in [5.74, 6) is -0.0926. The SMILES string of the molecule is Cc1cc(NS(=O)(=O)c2ccc(F)cc2Cl)cc(OCCNc2ccncc2)c1.Cl. The van der Waals surface area contributed by atoms with E-state index in [-0.39, 0.29) is 22.3 Å². The third-order valence-corrected chi connectivity index (χ3v) is 5.73. The Labute approximate surface area is 185 Å². The number of benzene rings is 2. The van der Waals surface area contributed by atoms with Gasteiger partial charge in [-0.3, -0.25) is 9.71 Å². The average Bonchev–Trinajstić information content (AvgIpc) is 2.65. The maximum atomic E-state index is 13.2. The van der Waals surface area contributed by atoms with Gasteiger partial charge in [0.1, 0.15) is 23.1 Å². The van der Waals surface area contributed by atoms with E-state index in [1.165, 1.54) is 0 Å². The molecule has 1 heterocycles. The van der Waals surface area contributed by atoms with Gasteiger partial charge in [0.25, 0.3) is 10.0 Å². The average molecular weight is 472 g/mol. The van der Waals surface area contributed by atoms with E-state index in [9.17, 15) is 12.8 Å². The second-order valence-corrected chi connectivity index (χ2v) is 8.28. The molecule has 160 valence electrons. The van der Waals surface area contributed by atoms with E-state index in [4.69, 9.17) is 16.3 Å². The third-order valence-electron chi connectivity index (χ3n) is 3.87. The van der Waals surface area contributed by atoms with Crippen LogP contribution in [0, 0.1) is 12.7 Å². The zero-order valence-corrected chi connectivity index (χ0v) is 18.3. The molecule has 3 aromatic rings. The summed E-state index contributed by atoms with van der Waals surface area (Å²) < 4.78 is 46.6. The molecule has 3 rings (SSSR count). The Balaban J connectivity index is 0.00000320. The summed E-state index contributed by atoms with van der Waals surface area (Å²) in [6.07, 6.45) is 3.38. The van der Waals surface area contributed by atoms with Gasteiger partial charge in [-0.05, 0) is 55.0 Å². The highest BCUT2D eigenvalue weighted by molar-refractivity contribution is 7.92. The quantitative estimate of drug-likeness (QED) is 0.456. The van der Waals surface area contributed by atoms with Gasteiger partial charge < -0.3 is 10.1 Å². The molecule has 6 nitrogen and oxygen atoms in total. The van der Waals surface area contributed by atoms with E-state index in [1.807, 2.05) is 19.1 Å². The first-order valence-corrected chi connectivity index (χ1v) is 10.6. The number of hydrogen-bond acceptors (Lipinski definition) is 5. The second-order valence-electron chi connectivity index (χ2n) is 6.23. The molecule has 0 aliphatic carbocycles. The minimum atomic E-state index is -3.98. The molecular formula is C20H20Cl2FN3O3S. The number of halogens is 3. The maximum Gasteiger partial charge on any atom is 0.263 e. The molecule has 30 heavy (non-hydrogen) atoms. The Morgan fingerprint density at radius 3 is 2.50 bits per heavy atom. The highest BCUT2D eigenvalue weighted by atomic mass is 35.5. The number of nitrogens with one attached hydrogen (secondary N) is 2. The number of hydrogen-bond donors (Lipinski definition) is 2. The van der Waals surface area contributed by atoms with Crippen molar-refractivity contribution >= 4 is 45.4 Å². The Morgan fingerprint density at radius 1 is 1.07 bits per heavy atom. The first-order valence-electron chi connectivity index (χ1n) is 8.70. The molecule has 0 fully saturated rings. The molecule has 2 aromatic carbocycles. The van der Waals surface area contributed by atoms with Crippen LogP contribution in [0.5, 0.6) is 5.75 Å². The maximum absolute atomic E-state index is 13.2. The summed E-state index contributed by atoms with van der Waals surface area (Å²) in [6.45, 7) is 2.76. The van der Waals surface area contributed by atoms with Crippen molar-refractivity contribution in [1.82, 2.24) is 4.98 Å². The summed E-state index contributed by atoms with van der Waals surface area (Å²) in [5.41, 5.74) is 2.06. The van der Waals surface area contributed by atoms with E-state index < -0.39 is 15.8 Å². The van der Waals surface area contributed by atoms with Crippen LogP contribution in [0.1, 0.15) is 5.56 Å². The Morgan fingerprint density at radius 2 is 1.80 bits per heavy atom. The fourth-order valence-electron chi connectivity index (χ4n) is 2.63. The lowest BCUT2D eigenvalue weighted by Gasteiger charge is -2.13. The van der Waals surface area contributed by atoms with Crippen LogP contribution in [0.4, 0.5) is 15.8 Å². The van der Waals surface area contributed by atoms with Crippen molar-refractivity contribution in [3.05, 3.63) is 77.3 Å². The van der Waals surface area contributed by atoms with Crippen LogP contribution in [-0.2, 0) is 10.0 Å². The smallest absolute Gasteiger partial charge is 0.263 e. The summed E-state index contributed by atoms with van der Waals surface area (Å²) in [6, 6.07) is 11.9. The molecule has 0 aliphatic heterocycles. The number of sulfonamides is 1. The molecule has 10 heteroatoms. The molecule has 0 saturated carbocycles. The number of aryl methyl sites for hydroxylation is 1. The van der Waals surface area contributed by atoms with Gasteiger partial charge in [0.2, 0.25) is 0 Å². The minimum Gasteiger partial charge on any atom is -0.492 e. The van der Waals surface area contributed by atoms with Gasteiger partial charge in [-0.1, -0.05) is 11.6 Å². The molecule has 0 saturated heterocycles. The van der Waals surface area contributed by atoms with Gasteiger partial charge in [0, 0.05) is 30.7 Å². The second kappa shape index (κ2) is 10.5. The summed E-state index contributed by atoms with van der Waals surface area (Å²) in [4.78, 5) is 3.74. The highest BCUT2D eigenvalue weighted by Crippen LogP contribution is 2.27. The summed E-state index contributed by atoms with van der Waals surface area (Å²) >= 11 is 5.88. The predicted octanol–water partition coefficient (Wildman–Crippen LogP) is 4.90. The first-order chi connectivity index (χ1) is 13.8. The van der Waals surface area contributed by atoms with Crippen LogP contribution in [0.2, 0.25) is 5.02 Å². The van der Waals surface area contributed by atoms with Crippen LogP contribution in [-0.4, -0.2) is 26.6 Å². The summed E-state index contributed by atoms with van der Waals surface area (Å²) in [7, 11) is -3.98. The van der Waals surface area contributed by atoms with Crippen molar-refractivity contribution in [1.29, 1.82) is 0 Å². The number of nitrogens with zero attached hydrogens (tertiary/aromatic N) is 1. The van der Waals surface area contributed by atoms with Crippen LogP contribution >= 0.6 is 24.0 Å². The Bertz CT molecular complexity index is 1100. The number of pyridine rings is 1. The lowest BCUT2D eigenvalue weighted by atomic mass is 10.2. The fraction of sp³-hybridized carbons (Fsp3) is 0.150. The van der Waals surface area contributed by atoms with Crippen LogP contribution in [0.15, 0.2) is 65.8 Å². The van der Waals surface area contributed by atoms with Gasteiger partial charge in [0.15, 0.2) is 0 Å². The van der Waals surface area contributed by atoms with Gasteiger partial charge >= 0.3 is 0 Å². The van der Waals surface area contributed by atoms with Crippen molar-refractivity contribution in [3.8, 4) is 5.75 Å². The molecule has 0 aliphatic rings. The van der Waals surface area contributed by atoms with Crippen molar-refractivity contribution in [3.63, 3.8) is 0 Å². The molecule has 0 spiro atoms. The monoisotopic (exact) mass is 471 g/mol. The van der Waals surface area contributed by atoms with Gasteiger partial charge in [-0.25, -0.2) is 12.8 Å². The topological polar surface area (TPSA) is 80.3 Å². The highest BCUT2D eigenvalue weighted by Gasteiger charge is 2.19. The van der Waals surface area contributed by atoms with Gasteiger partial charge in [0.05, 0.1) is 10.7 Å². The normalized spacial score (nSPS) is 10.8. The molecular weight excluding hydrogens is 452 g/mol. The van der Waals surface area contributed by atoms with E-state index in [2.05, 4.69) is 15.0 Å². The molecule has 2 N–H and O–H groups in total. The zero-order chi connectivity index (χ0) is 20.9. The molecule has 1 aromatic heterocycles. The minimum absolute atomic E-state index is 0. The van der Waals surface area contributed by atoms with E-state index in [0.717, 1.165) is 29.4 Å². The van der Waals surface area contributed by atoms with Crippen molar-refractivity contribution in [2.75, 3.05) is 23.2 Å². The molecule has 0 bridgehead atoms. The van der Waals surface area contributed by atoms with Crippen molar-refractivity contribution in [2.45, 2.75) is 11.8 Å². The largest absolute Gasteiger partial charge is 0.492 e. The molecule has 0 atom stereocenters. The number of aromatic nitrogens is 1. The van der Waals surface area contributed by atoms with Crippen LogP contribution in [0.25, 0.3) is 0 Å². The van der Waals surface area contributed by atoms with Crippen LogP contribution < -0.4 is 14.8 Å². The number of rotatable bonds is 8. The summed E-state index contributed by atoms with van der Waals surface area (Å²) in [5, 5.41) is 3.00. The van der Waals surface area contributed by atoms with E-state index in [1.54, 1.807) is 30.6 Å². The van der Waals surface area contributed by atoms with E-state index in [0.29, 0.717) is 24.6 Å². The Kier molecular flexibility index (Phi) is 8.28. The fourth-order valence-corrected chi connectivity index (χ4v) is 4.20. The molecule has 0 radical (unpaired) electrons. The lowest BCUT2D eigenvalue weighted by Crippen LogP contribution is -2.14. The standard InChI is InChI=1S/C20H19ClFN3O3S.ClH/c1-14-10-17(25-29(26,27)20-3-2-15(22)12-19(20)21)13-18(11-14)28-9-8-24-16-4-6-23-7-5-16;/h2-7,10-13,25H,8-9H2,1H3,(H,23,24);1H. The molecule has 0 amide bonds. The number of ether oxygens (including phenoxy) is 1. The predicted molar refractivity (Wildman–Crippen MR) is 119 cm³/mol. The lowest BCUT2D eigenvalue weighted by molar-refractivity contribution is 0.333. The van der Waals surface area contributed by atoms with Crippen molar-refractivity contribution < 1.29 is 17.5 Å². The van der Waals surface area contributed by atoms with Gasteiger partial charge in [-0.2, -0.15) is 0 Å². The number of anilines is 2. The Hall–Kier alpha value is -2.55. The zero-order valence-electron chi connectivity index (χ0n) is 15.9. The molecule has 0 unspecified atom stereocenters. The first kappa shape index (κ1) is 23.7. The van der Waals surface area contributed by atoms with Crippen molar-refractivity contribution in [2.24, 2.45) is 0 Å².